The fourth-order valence-corrected chi connectivity index (χ4v) is 15.0. The lowest BCUT2D eigenvalue weighted by molar-refractivity contribution is 0.0718. The van der Waals surface area contributed by atoms with Crippen LogP contribution in [-0.2, 0) is 48.6 Å². The average Bonchev–Trinajstić information content (AvgIpc) is 1.06. The van der Waals surface area contributed by atoms with Crippen LogP contribution in [0.4, 0.5) is 0 Å². The topological polar surface area (TPSA) is 227 Å². The minimum absolute atomic E-state index is 0.164. The Bertz CT molecular complexity index is 5300. The van der Waals surface area contributed by atoms with Crippen LogP contribution in [0.2, 0.25) is 0 Å². The van der Waals surface area contributed by atoms with Crippen molar-refractivity contribution in [3.8, 4) is 90.9 Å². The molecule has 0 aromatic heterocycles. The molecule has 128 heavy (non-hydrogen) atoms. The summed E-state index contributed by atoms with van der Waals surface area (Å²) in [6.07, 6.45) is 7.82. The summed E-state index contributed by atoms with van der Waals surface area (Å²) in [6, 6.07) is 75.7. The van der Waals surface area contributed by atoms with Gasteiger partial charge in [0.2, 0.25) is 0 Å². The molecule has 8 heterocycles. The molecule has 0 saturated carbocycles. The first-order chi connectivity index (χ1) is 62.5. The molecule has 11 aromatic rings. The minimum Gasteiger partial charge on any atom is -0.491 e. The van der Waals surface area contributed by atoms with Gasteiger partial charge in [0.1, 0.15) is 159 Å². The average molecular weight is 1860 g/mol. The van der Waals surface area contributed by atoms with Crippen molar-refractivity contribution in [3.05, 3.63) is 303 Å². The normalized spacial score (nSPS) is 19.9. The Labute approximate surface area is 765 Å². The number of alkyl halides is 2. The van der Waals surface area contributed by atoms with E-state index in [0.29, 0.717) is 111 Å². The summed E-state index contributed by atoms with van der Waals surface area (Å²) in [5.41, 5.74) is 21.3. The van der Waals surface area contributed by atoms with E-state index in [4.69, 9.17) is 85.3 Å². The summed E-state index contributed by atoms with van der Waals surface area (Å²) in [6.45, 7) is 23.5. The van der Waals surface area contributed by atoms with Crippen LogP contribution in [0.25, 0.3) is 39.0 Å². The van der Waals surface area contributed by atoms with Crippen molar-refractivity contribution in [2.75, 3.05) is 106 Å². The molecule has 1 aliphatic carbocycles. The lowest BCUT2D eigenvalue weighted by atomic mass is 9.82. The number of benzene rings is 11. The molecular weight excluding hydrogens is 1750 g/mol. The van der Waals surface area contributed by atoms with Crippen LogP contribution in [0.3, 0.4) is 0 Å². The first-order valence-electron chi connectivity index (χ1n) is 43.8. The number of hydrogen-bond donors (Lipinski definition) is 0. The quantitative estimate of drug-likeness (QED) is 0.0156. The Morgan fingerprint density at radius 2 is 0.586 bits per heavy atom. The van der Waals surface area contributed by atoms with E-state index in [1.807, 2.05) is 24.3 Å². The molecule has 11 aromatic carbocycles. The molecule has 666 valence electrons. The van der Waals surface area contributed by atoms with Crippen molar-refractivity contribution in [1.82, 2.24) is 0 Å². The number of rotatable bonds is 35. The molecule has 0 spiro atoms. The number of carbonyl (C=O) groups is 2. The van der Waals surface area contributed by atoms with E-state index in [-0.39, 0.29) is 36.6 Å². The highest BCUT2D eigenvalue weighted by molar-refractivity contribution is 9.08. The van der Waals surface area contributed by atoms with Gasteiger partial charge in [-0.1, -0.05) is 129 Å². The Morgan fingerprint density at radius 3 is 0.914 bits per heavy atom. The summed E-state index contributed by atoms with van der Waals surface area (Å²) in [4.78, 5) is 25.0. The van der Waals surface area contributed by atoms with Crippen LogP contribution in [0.5, 0.6) is 57.5 Å². The van der Waals surface area contributed by atoms with E-state index in [0.717, 1.165) is 144 Å². The van der Waals surface area contributed by atoms with Gasteiger partial charge in [-0.2, -0.15) is 0 Å². The number of esters is 2. The molecule has 8 aliphatic heterocycles. The third-order valence-corrected chi connectivity index (χ3v) is 23.8. The van der Waals surface area contributed by atoms with Crippen LogP contribution in [0.1, 0.15) is 102 Å². The summed E-state index contributed by atoms with van der Waals surface area (Å²) < 4.78 is 98.3. The Kier molecular flexibility index (Phi) is 31.1. The van der Waals surface area contributed by atoms with Crippen molar-refractivity contribution >= 4 is 49.4 Å². The van der Waals surface area contributed by atoms with Crippen molar-refractivity contribution in [3.63, 3.8) is 0 Å². The van der Waals surface area contributed by atoms with Crippen LogP contribution in [0, 0.1) is 41.5 Å². The maximum Gasteiger partial charge on any atom is 0.343 e. The Balaban J connectivity index is 0.000000120. The summed E-state index contributed by atoms with van der Waals surface area (Å²) >= 11 is 6.90. The molecule has 9 unspecified atom stereocenters. The van der Waals surface area contributed by atoms with Crippen molar-refractivity contribution < 1.29 is 94.9 Å². The van der Waals surface area contributed by atoms with Gasteiger partial charge in [0.05, 0.1) is 64.0 Å². The van der Waals surface area contributed by atoms with Gasteiger partial charge in [-0.05, 0) is 301 Å². The van der Waals surface area contributed by atoms with Gasteiger partial charge in [-0.15, -0.1) is 0 Å². The van der Waals surface area contributed by atoms with Gasteiger partial charge in [-0.25, -0.2) is 9.59 Å². The van der Waals surface area contributed by atoms with Gasteiger partial charge >= 0.3 is 11.9 Å². The predicted octanol–water partition coefficient (Wildman–Crippen LogP) is 21.1. The highest BCUT2D eigenvalue weighted by Crippen LogP contribution is 2.40. The maximum absolute atomic E-state index is 12.5. The number of hydrogen-bond acceptors (Lipinski definition) is 20. The number of epoxide rings is 8. The van der Waals surface area contributed by atoms with Gasteiger partial charge in [0.15, 0.2) is 0 Å². The van der Waals surface area contributed by atoms with E-state index >= 15 is 0 Å². The zero-order valence-electron chi connectivity index (χ0n) is 73.0. The highest BCUT2D eigenvalue weighted by Gasteiger charge is 2.30. The smallest absolute Gasteiger partial charge is 0.343 e. The van der Waals surface area contributed by atoms with E-state index in [9.17, 15) is 9.59 Å². The predicted molar refractivity (Wildman–Crippen MR) is 498 cm³/mol. The van der Waals surface area contributed by atoms with Crippen LogP contribution in [-0.4, -0.2) is 166 Å². The summed E-state index contributed by atoms with van der Waals surface area (Å²) in [5, 5.41) is 1.83. The lowest BCUT2D eigenvalue weighted by Crippen LogP contribution is -2.11. The van der Waals surface area contributed by atoms with Crippen LogP contribution < -0.4 is 47.4 Å². The molecule has 20 nitrogen and oxygen atoms in total. The monoisotopic (exact) mass is 1860 g/mol. The standard InChI is InChI=1S/C27H24O8.C25H28O4.C22H26O4.C18H18O4.C14H12Br2/c1-17-12-22(34-26(28)18-2-6-20(7-3-18)30-13-23-15-32-23)10-11-25(17)35-27(29)19-4-8-21(9-5-19)31-14-24-16-33-24;1-17-12-21(8-11-25(17)29-16-24-15-28-24)20-4-2-18(3-5-20)19-6-9-22(10-7-19)26-13-23-14-27-23;1-13-5-17(6-14(2)21(13)25-11-19-9-23-19)18-7-15(3)22(16(4)8-18)26-12-20-10-24-20;1-5-15(19-9-17-11-21-17)6-2-13(1)14-3-7-16(8-4-14)20-10-18-12-22-18;15-9-11-1-5-13(6-2-11)14-7-3-12(10-16)4-8-14/h2-12,23-24H,13-16H2,1H3;4,6-12,18,23-24H,2-3,5,13-16H2,1H3;5-8,19-20H,9-12H2,1-4H3;1-8,17-18H,9-12H2;1-8H,9-10H2. The third kappa shape index (κ3) is 28.1. The number of aryl methyl sites for hydroxylation is 6. The molecule has 0 N–H and O–H groups in total. The van der Waals surface area contributed by atoms with E-state index < -0.39 is 11.9 Å². The number of carbonyl (C=O) groups excluding carboxylic acids is 2. The molecule has 0 radical (unpaired) electrons. The van der Waals surface area contributed by atoms with Crippen LogP contribution in [0.15, 0.2) is 237 Å². The zero-order valence-corrected chi connectivity index (χ0v) is 76.2. The second kappa shape index (κ2) is 44.0. The summed E-state index contributed by atoms with van der Waals surface area (Å²) in [7, 11) is 0. The Morgan fingerprint density at radius 1 is 0.297 bits per heavy atom. The van der Waals surface area contributed by atoms with Gasteiger partial charge in [0, 0.05) is 10.7 Å². The lowest BCUT2D eigenvalue weighted by Gasteiger charge is -2.23. The van der Waals surface area contributed by atoms with E-state index in [1.54, 1.807) is 73.7 Å². The molecule has 8 saturated heterocycles. The van der Waals surface area contributed by atoms with Gasteiger partial charge in [-0.3, -0.25) is 0 Å². The zero-order chi connectivity index (χ0) is 88.2. The van der Waals surface area contributed by atoms with Gasteiger partial charge in [0.25, 0.3) is 0 Å². The molecular formula is C106H108Br2O20. The molecule has 9 aliphatic rings. The molecule has 8 fully saturated rings. The van der Waals surface area contributed by atoms with Crippen LogP contribution >= 0.6 is 31.9 Å². The number of halogens is 2. The maximum atomic E-state index is 12.5. The van der Waals surface area contributed by atoms with Gasteiger partial charge < -0.3 is 85.3 Å². The molecule has 22 heteroatoms. The van der Waals surface area contributed by atoms with Crippen molar-refractivity contribution in [2.45, 2.75) is 126 Å². The number of allylic oxidation sites excluding steroid dienone is 2. The summed E-state index contributed by atoms with van der Waals surface area (Å²) in [5.74, 6) is 7.24. The minimum atomic E-state index is -0.498. The second-order valence-corrected chi connectivity index (χ2v) is 34.3. The highest BCUT2D eigenvalue weighted by atomic mass is 79.9. The van der Waals surface area contributed by atoms with E-state index in [1.165, 1.54) is 62.1 Å². The molecule has 20 rings (SSSR count). The van der Waals surface area contributed by atoms with E-state index in [2.05, 4.69) is 212 Å². The molecule has 0 amide bonds. The fraction of sp³-hybridized carbons (Fsp3) is 0.340. The van der Waals surface area contributed by atoms with Crippen molar-refractivity contribution in [2.24, 2.45) is 0 Å². The number of ether oxygens (including phenoxy) is 18. The van der Waals surface area contributed by atoms with Crippen molar-refractivity contribution in [1.29, 1.82) is 0 Å². The second-order valence-electron chi connectivity index (χ2n) is 33.2. The largest absolute Gasteiger partial charge is 0.491 e. The first-order valence-corrected chi connectivity index (χ1v) is 46.1. The molecule has 9 atom stereocenters. The SMILES string of the molecule is BrCc1ccc(-c2ccc(CBr)cc2)cc1.Cc1cc(-c2cc(C)c(OCC3CO3)c(C)c2)cc(C)c1OCC1CO1.Cc1cc(C2=CCC(c3ccc(OCC4CO4)cc3)CC2)ccc1OCC1CO1.Cc1cc(OC(=O)c2ccc(OCC3CO3)cc2)ccc1OC(=O)c1ccc(OCC2CO2)cc1.c1cc(-c2ccc(OCC3CO3)cc2)ccc1OCC1CO1. The molecule has 0 bridgehead atoms. The third-order valence-electron chi connectivity index (χ3n) is 22.5. The Hall–Kier alpha value is -10.9. The first kappa shape index (κ1) is 90.5. The fourth-order valence-electron chi connectivity index (χ4n) is 14.3.